The van der Waals surface area contributed by atoms with Gasteiger partial charge in [0.25, 0.3) is 5.91 Å². The number of ether oxygens (including phenoxy) is 2. The largest absolute Gasteiger partial charge is 0.493 e. The van der Waals surface area contributed by atoms with E-state index in [4.69, 9.17) is 21.1 Å². The van der Waals surface area contributed by atoms with E-state index in [2.05, 4.69) is 5.32 Å². The van der Waals surface area contributed by atoms with Crippen LogP contribution in [0.25, 0.3) is 0 Å². The minimum atomic E-state index is -1.36. The number of amides is 2. The lowest BCUT2D eigenvalue weighted by Gasteiger charge is -2.40. The zero-order valence-electron chi connectivity index (χ0n) is 21.4. The fourth-order valence-corrected chi connectivity index (χ4v) is 5.10. The smallest absolute Gasteiger partial charge is 0.290 e. The average Bonchev–Trinajstić information content (AvgIpc) is 3.34. The lowest BCUT2D eigenvalue weighted by atomic mass is 9.77. The maximum Gasteiger partial charge on any atom is 0.290 e. The van der Waals surface area contributed by atoms with Crippen molar-refractivity contribution in [1.29, 1.82) is 0 Å². The lowest BCUT2D eigenvalue weighted by molar-refractivity contribution is -0.148. The van der Waals surface area contributed by atoms with Crippen LogP contribution in [0.1, 0.15) is 40.7 Å². The number of hydrogen-bond donors (Lipinski definition) is 3. The van der Waals surface area contributed by atoms with Gasteiger partial charge in [0.15, 0.2) is 11.5 Å². The first-order chi connectivity index (χ1) is 18.7. The highest BCUT2D eigenvalue weighted by Crippen LogP contribution is 2.51. The van der Waals surface area contributed by atoms with E-state index in [9.17, 15) is 29.4 Å². The number of fused-ring (bicyclic) bond motifs is 3. The van der Waals surface area contributed by atoms with Crippen LogP contribution in [-0.4, -0.2) is 77.5 Å². The van der Waals surface area contributed by atoms with E-state index in [1.807, 2.05) is 0 Å². The molecule has 10 nitrogen and oxygen atoms in total. The van der Waals surface area contributed by atoms with E-state index in [-0.39, 0.29) is 48.8 Å². The second-order valence-corrected chi connectivity index (χ2v) is 9.67. The van der Waals surface area contributed by atoms with E-state index >= 15 is 0 Å². The van der Waals surface area contributed by atoms with Crippen LogP contribution in [0, 0.1) is 0 Å². The number of carbonyl (C=O) groups is 4. The number of aliphatic hydroxyl groups is 2. The van der Waals surface area contributed by atoms with Crippen molar-refractivity contribution in [3.8, 4) is 11.5 Å². The number of rotatable bonds is 10. The molecule has 1 heterocycles. The van der Waals surface area contributed by atoms with Crippen LogP contribution < -0.4 is 14.8 Å². The van der Waals surface area contributed by atoms with Gasteiger partial charge in [-0.1, -0.05) is 30.7 Å². The number of hydrogen-bond acceptors (Lipinski definition) is 8. The molecule has 11 heteroatoms. The van der Waals surface area contributed by atoms with Crippen LogP contribution in [0.5, 0.6) is 11.5 Å². The van der Waals surface area contributed by atoms with Crippen molar-refractivity contribution in [3.63, 3.8) is 0 Å². The normalized spacial score (nSPS) is 21.1. The summed E-state index contributed by atoms with van der Waals surface area (Å²) in [6, 6.07) is 8.61. The molecule has 4 atom stereocenters. The topological polar surface area (TPSA) is 142 Å². The second kappa shape index (κ2) is 12.0. The number of halogens is 1. The molecule has 1 aliphatic heterocycles. The van der Waals surface area contributed by atoms with Crippen LogP contribution in [0.15, 0.2) is 48.0 Å². The molecule has 4 rings (SSSR count). The Morgan fingerprint density at radius 2 is 1.92 bits per heavy atom. The Kier molecular flexibility index (Phi) is 8.69. The molecule has 0 bridgehead atoms. The van der Waals surface area contributed by atoms with Gasteiger partial charge in [-0.15, -0.1) is 0 Å². The SMILES string of the molecule is CCC(=O)C(=O)N(Cc1ccc(Cl)cc1)[C@@H]1C=C(C(=O)NCCO)[C@@H]2c3cc(C=O)cc(OC)c3O[C@@H]2[C@H]1O. The van der Waals surface area contributed by atoms with Gasteiger partial charge >= 0.3 is 0 Å². The fraction of sp³-hybridized carbons (Fsp3) is 0.357. The number of nitrogens with one attached hydrogen (secondary N) is 1. The van der Waals surface area contributed by atoms with Crippen LogP contribution in [0.4, 0.5) is 0 Å². The third-order valence-electron chi connectivity index (χ3n) is 6.86. The molecule has 0 aromatic heterocycles. The fourth-order valence-electron chi connectivity index (χ4n) is 4.97. The van der Waals surface area contributed by atoms with Crippen molar-refractivity contribution >= 4 is 35.5 Å². The average molecular weight is 557 g/mol. The molecule has 2 amide bonds. The summed E-state index contributed by atoms with van der Waals surface area (Å²) in [5, 5.41) is 24.0. The zero-order valence-corrected chi connectivity index (χ0v) is 22.2. The molecule has 0 spiro atoms. The Balaban J connectivity index is 1.84. The van der Waals surface area contributed by atoms with E-state index in [0.29, 0.717) is 22.4 Å². The number of aliphatic hydroxyl groups excluding tert-OH is 2. The molecule has 3 N–H and O–H groups in total. The molecule has 0 unspecified atom stereocenters. The molecule has 0 saturated heterocycles. The first-order valence-electron chi connectivity index (χ1n) is 12.4. The first kappa shape index (κ1) is 28.3. The molecule has 206 valence electrons. The van der Waals surface area contributed by atoms with Gasteiger partial charge in [0, 0.05) is 41.2 Å². The molecule has 39 heavy (non-hydrogen) atoms. The number of benzene rings is 2. The molecular weight excluding hydrogens is 528 g/mol. The van der Waals surface area contributed by atoms with Crippen molar-refractivity contribution in [2.75, 3.05) is 20.3 Å². The van der Waals surface area contributed by atoms with Crippen molar-refractivity contribution in [2.24, 2.45) is 0 Å². The molecule has 2 aromatic carbocycles. The Labute approximate surface area is 230 Å². The van der Waals surface area contributed by atoms with Gasteiger partial charge in [0.2, 0.25) is 11.7 Å². The maximum absolute atomic E-state index is 13.3. The van der Waals surface area contributed by atoms with Crippen molar-refractivity contribution in [2.45, 2.75) is 44.1 Å². The second-order valence-electron chi connectivity index (χ2n) is 9.24. The monoisotopic (exact) mass is 556 g/mol. The highest BCUT2D eigenvalue weighted by Gasteiger charge is 2.51. The number of carbonyl (C=O) groups excluding carboxylic acids is 4. The van der Waals surface area contributed by atoms with Crippen LogP contribution in [0.3, 0.4) is 0 Å². The predicted octanol–water partition coefficient (Wildman–Crippen LogP) is 1.79. The number of aldehydes is 1. The summed E-state index contributed by atoms with van der Waals surface area (Å²) in [7, 11) is 1.41. The minimum Gasteiger partial charge on any atom is -0.493 e. The van der Waals surface area contributed by atoms with Gasteiger partial charge in [-0.25, -0.2) is 0 Å². The first-order valence-corrected chi connectivity index (χ1v) is 12.8. The highest BCUT2D eigenvalue weighted by atomic mass is 35.5. The zero-order chi connectivity index (χ0) is 28.3. The number of ketones is 1. The maximum atomic E-state index is 13.3. The van der Waals surface area contributed by atoms with Crippen molar-refractivity contribution < 1.29 is 38.9 Å². The Hall–Kier alpha value is -3.73. The van der Waals surface area contributed by atoms with E-state index in [0.717, 1.165) is 0 Å². The Morgan fingerprint density at radius 3 is 2.54 bits per heavy atom. The van der Waals surface area contributed by atoms with E-state index < -0.39 is 41.8 Å². The van der Waals surface area contributed by atoms with E-state index in [1.54, 1.807) is 37.3 Å². The lowest BCUT2D eigenvalue weighted by Crippen LogP contribution is -2.56. The molecule has 0 fully saturated rings. The summed E-state index contributed by atoms with van der Waals surface area (Å²) in [5.41, 5.74) is 1.56. The third-order valence-corrected chi connectivity index (χ3v) is 7.11. The van der Waals surface area contributed by atoms with Gasteiger partial charge in [-0.05, 0) is 35.9 Å². The molecule has 2 aromatic rings. The summed E-state index contributed by atoms with van der Waals surface area (Å²) in [4.78, 5) is 52.0. The molecule has 1 aliphatic carbocycles. The van der Waals surface area contributed by atoms with Crippen LogP contribution in [-0.2, 0) is 20.9 Å². The van der Waals surface area contributed by atoms with Gasteiger partial charge < -0.3 is 29.9 Å². The summed E-state index contributed by atoms with van der Waals surface area (Å²) in [6.07, 6.45) is -0.365. The quantitative estimate of drug-likeness (QED) is 0.297. The minimum absolute atomic E-state index is 0.0338. The third kappa shape index (κ3) is 5.54. The number of nitrogens with zero attached hydrogens (tertiary/aromatic N) is 1. The van der Waals surface area contributed by atoms with Crippen molar-refractivity contribution in [3.05, 3.63) is 69.8 Å². The number of Topliss-reactive ketones (excluding diaryl/α,β-unsaturated/α-hetero) is 1. The van der Waals surface area contributed by atoms with Crippen LogP contribution in [0.2, 0.25) is 5.02 Å². The standard InChI is InChI=1S/C28H29ClN2O8/c1-3-21(34)28(37)31(13-15-4-6-17(29)7-5-15)20-12-19(27(36)30-8-9-32)23-18-10-16(14-33)11-22(38-2)25(18)39-26(23)24(20)35/h4-7,10-12,14,20,23-24,26,32,35H,3,8-9,13H2,1-2H3,(H,30,36)/t20-,23+,24+,26+/m1/s1. The van der Waals surface area contributed by atoms with Gasteiger partial charge in [-0.2, -0.15) is 0 Å². The Morgan fingerprint density at radius 1 is 1.21 bits per heavy atom. The molecule has 2 aliphatic rings. The van der Waals surface area contributed by atoms with Gasteiger partial charge in [-0.3, -0.25) is 19.2 Å². The highest BCUT2D eigenvalue weighted by molar-refractivity contribution is 6.36. The summed E-state index contributed by atoms with van der Waals surface area (Å²) in [6.45, 7) is 1.18. The van der Waals surface area contributed by atoms with Crippen LogP contribution >= 0.6 is 11.6 Å². The molecule has 0 radical (unpaired) electrons. The van der Waals surface area contributed by atoms with Crippen molar-refractivity contribution in [1.82, 2.24) is 10.2 Å². The Bertz CT molecular complexity index is 1310. The molecular formula is C28H29ClN2O8. The van der Waals surface area contributed by atoms with E-state index in [1.165, 1.54) is 24.2 Å². The summed E-state index contributed by atoms with van der Waals surface area (Å²) in [5.74, 6) is -2.34. The van der Waals surface area contributed by atoms with Gasteiger partial charge in [0.1, 0.15) is 18.5 Å². The van der Waals surface area contributed by atoms with Gasteiger partial charge in [0.05, 0.1) is 25.7 Å². The summed E-state index contributed by atoms with van der Waals surface area (Å²) < 4.78 is 11.6. The predicted molar refractivity (Wildman–Crippen MR) is 141 cm³/mol. The summed E-state index contributed by atoms with van der Waals surface area (Å²) >= 11 is 6.01. The number of methoxy groups -OCH3 is 1. The molecule has 0 saturated carbocycles.